The second-order valence-electron chi connectivity index (χ2n) is 12.2. The molecule has 1 heterocycles. The summed E-state index contributed by atoms with van der Waals surface area (Å²) in [5.41, 5.74) is 2.07. The molecular weight excluding hydrogens is 458 g/mol. The molecule has 3 saturated carbocycles. The highest BCUT2D eigenvalue weighted by atomic mass is 32.1. The number of hydrogen-bond acceptors (Lipinski definition) is 6. The van der Waals surface area contributed by atoms with Crippen molar-refractivity contribution >= 4 is 11.3 Å². The van der Waals surface area contributed by atoms with E-state index in [9.17, 15) is 20.4 Å². The van der Waals surface area contributed by atoms with Crippen LogP contribution in [0.2, 0.25) is 0 Å². The van der Waals surface area contributed by atoms with Crippen LogP contribution in [0.1, 0.15) is 63.7 Å². The van der Waals surface area contributed by atoms with Crippen molar-refractivity contribution in [1.82, 2.24) is 4.90 Å². The van der Waals surface area contributed by atoms with Gasteiger partial charge in [0.2, 0.25) is 0 Å². The predicted octanol–water partition coefficient (Wildman–Crippen LogP) is 3.92. The maximum Gasteiger partial charge on any atom is 0.0897 e. The van der Waals surface area contributed by atoms with Gasteiger partial charge in [-0.2, -0.15) is 0 Å². The summed E-state index contributed by atoms with van der Waals surface area (Å²) in [6.07, 6.45) is 11.1. The van der Waals surface area contributed by atoms with E-state index in [4.69, 9.17) is 0 Å². The molecule has 4 aliphatic carbocycles. The lowest BCUT2D eigenvalue weighted by atomic mass is 9.50. The van der Waals surface area contributed by atoms with Crippen LogP contribution in [-0.2, 0) is 6.42 Å². The molecule has 0 aliphatic heterocycles. The highest BCUT2D eigenvalue weighted by Gasteiger charge is 2.62. The van der Waals surface area contributed by atoms with Gasteiger partial charge in [0.05, 0.1) is 24.4 Å². The third-order valence-electron chi connectivity index (χ3n) is 10.3. The van der Waals surface area contributed by atoms with Gasteiger partial charge < -0.3 is 20.4 Å². The highest BCUT2D eigenvalue weighted by molar-refractivity contribution is 7.09. The van der Waals surface area contributed by atoms with Crippen molar-refractivity contribution < 1.29 is 20.4 Å². The second kappa shape index (κ2) is 9.70. The molecule has 4 aliphatic rings. The van der Waals surface area contributed by atoms with Gasteiger partial charge in [-0.05, 0) is 80.1 Å². The van der Waals surface area contributed by atoms with Crippen molar-refractivity contribution in [1.29, 1.82) is 0 Å². The number of fused-ring (bicyclic) bond motifs is 5. The van der Waals surface area contributed by atoms with Crippen LogP contribution in [-0.4, -0.2) is 69.4 Å². The van der Waals surface area contributed by atoms with E-state index in [0.717, 1.165) is 57.9 Å². The van der Waals surface area contributed by atoms with E-state index in [0.29, 0.717) is 24.9 Å². The Morgan fingerprint density at radius 1 is 1.11 bits per heavy atom. The molecule has 0 bridgehead atoms. The summed E-state index contributed by atoms with van der Waals surface area (Å²) in [5, 5.41) is 44.3. The van der Waals surface area contributed by atoms with E-state index in [1.54, 1.807) is 11.3 Å². The first-order valence-electron chi connectivity index (χ1n) is 13.5. The van der Waals surface area contributed by atoms with Crippen LogP contribution in [0.4, 0.5) is 0 Å². The molecule has 7 atom stereocenters. The van der Waals surface area contributed by atoms with E-state index >= 15 is 0 Å². The van der Waals surface area contributed by atoms with E-state index in [1.165, 1.54) is 16.0 Å². The minimum Gasteiger partial charge on any atom is -0.394 e. The van der Waals surface area contributed by atoms with Crippen LogP contribution in [0, 0.1) is 22.7 Å². The lowest BCUT2D eigenvalue weighted by molar-refractivity contribution is -0.106. The summed E-state index contributed by atoms with van der Waals surface area (Å²) >= 11 is 1.74. The van der Waals surface area contributed by atoms with Gasteiger partial charge in [-0.25, -0.2) is 0 Å². The largest absolute Gasteiger partial charge is 0.394 e. The molecule has 194 valence electrons. The molecule has 0 saturated heterocycles. The predicted molar refractivity (Wildman–Crippen MR) is 140 cm³/mol. The van der Waals surface area contributed by atoms with Crippen LogP contribution >= 0.6 is 11.3 Å². The van der Waals surface area contributed by atoms with Gasteiger partial charge in [0.1, 0.15) is 0 Å². The summed E-state index contributed by atoms with van der Waals surface area (Å²) in [4.78, 5) is 3.48. The van der Waals surface area contributed by atoms with E-state index < -0.39 is 11.7 Å². The monoisotopic (exact) mass is 501 g/mol. The van der Waals surface area contributed by atoms with Gasteiger partial charge in [-0.1, -0.05) is 43.2 Å². The van der Waals surface area contributed by atoms with Crippen molar-refractivity contribution in [3.8, 4) is 0 Å². The topological polar surface area (TPSA) is 84.2 Å². The van der Waals surface area contributed by atoms with Crippen LogP contribution < -0.4 is 0 Å². The molecule has 0 amide bonds. The first kappa shape index (κ1) is 25.6. The average molecular weight is 502 g/mol. The smallest absolute Gasteiger partial charge is 0.0897 e. The summed E-state index contributed by atoms with van der Waals surface area (Å²) in [5.74, 6) is 0.885. The molecule has 6 heteroatoms. The zero-order valence-electron chi connectivity index (χ0n) is 21.3. The molecule has 0 radical (unpaired) electrons. The molecule has 0 spiro atoms. The van der Waals surface area contributed by atoms with Crippen molar-refractivity contribution in [2.45, 2.75) is 83.0 Å². The number of thiophene rings is 1. The van der Waals surface area contributed by atoms with Crippen molar-refractivity contribution in [3.63, 3.8) is 0 Å². The van der Waals surface area contributed by atoms with Crippen LogP contribution in [0.3, 0.4) is 0 Å². The van der Waals surface area contributed by atoms with Gasteiger partial charge in [-0.15, -0.1) is 11.3 Å². The maximum absolute atomic E-state index is 12.2. The Morgan fingerprint density at radius 3 is 2.66 bits per heavy atom. The second-order valence-corrected chi connectivity index (χ2v) is 13.2. The normalized spacial score (nSPS) is 39.5. The van der Waals surface area contributed by atoms with Gasteiger partial charge in [-0.3, -0.25) is 4.90 Å². The number of hydrogen-bond donors (Lipinski definition) is 4. The van der Waals surface area contributed by atoms with Crippen molar-refractivity contribution in [3.05, 3.63) is 45.7 Å². The SMILES string of the molecule is CC12CCC(O)CC1=CC=C1C2CCC2(C)C1CCC2(O)CN(CCc1cccs1)CC(O)CO. The zero-order chi connectivity index (χ0) is 24.8. The molecule has 1 aromatic rings. The van der Waals surface area contributed by atoms with E-state index in [-0.39, 0.29) is 23.5 Å². The van der Waals surface area contributed by atoms with Crippen molar-refractivity contribution in [2.75, 3.05) is 26.2 Å². The quantitative estimate of drug-likeness (QED) is 0.434. The van der Waals surface area contributed by atoms with Crippen molar-refractivity contribution in [2.24, 2.45) is 22.7 Å². The maximum atomic E-state index is 12.2. The molecule has 1 aromatic heterocycles. The molecule has 35 heavy (non-hydrogen) atoms. The van der Waals surface area contributed by atoms with Gasteiger partial charge in [0.25, 0.3) is 0 Å². The third-order valence-corrected chi connectivity index (χ3v) is 11.2. The number of aliphatic hydroxyl groups is 4. The molecule has 5 rings (SSSR count). The highest BCUT2D eigenvalue weighted by Crippen LogP contribution is 2.66. The van der Waals surface area contributed by atoms with Crippen LogP contribution in [0.15, 0.2) is 40.8 Å². The molecule has 7 unspecified atom stereocenters. The van der Waals surface area contributed by atoms with E-state index in [1.807, 2.05) is 0 Å². The molecular formula is C29H43NO4S. The third kappa shape index (κ3) is 4.49. The Morgan fingerprint density at radius 2 is 1.91 bits per heavy atom. The Kier molecular flexibility index (Phi) is 7.10. The van der Waals surface area contributed by atoms with Crippen LogP contribution in [0.25, 0.3) is 0 Å². The fourth-order valence-corrected chi connectivity index (χ4v) is 8.74. The fraction of sp³-hybridized carbons (Fsp3) is 0.724. The summed E-state index contributed by atoms with van der Waals surface area (Å²) < 4.78 is 0. The number of aliphatic hydroxyl groups excluding tert-OH is 3. The Bertz CT molecular complexity index is 960. The minimum atomic E-state index is -0.818. The Hall–Kier alpha value is -1.02. The number of rotatable bonds is 8. The summed E-state index contributed by atoms with van der Waals surface area (Å²) in [7, 11) is 0. The van der Waals surface area contributed by atoms with Gasteiger partial charge >= 0.3 is 0 Å². The first-order chi connectivity index (χ1) is 16.7. The number of nitrogens with zero attached hydrogens (tertiary/aromatic N) is 1. The standard InChI is InChI=1S/C29H43NO4S/c1-27-11-7-21(32)16-20(27)5-6-24-25(27)8-12-28(2)26(24)9-13-29(28,34)19-30(17-22(33)18-31)14-10-23-4-3-15-35-23/h3-6,15,21-22,25-26,31-34H,7-14,16-19H2,1-2H3. The fourth-order valence-electron chi connectivity index (χ4n) is 8.04. The van der Waals surface area contributed by atoms with Crippen LogP contribution in [0.5, 0.6) is 0 Å². The minimum absolute atomic E-state index is 0.142. The summed E-state index contributed by atoms with van der Waals surface area (Å²) in [6, 6.07) is 4.20. The molecule has 4 N–H and O–H groups in total. The van der Waals surface area contributed by atoms with Gasteiger partial charge in [0, 0.05) is 29.9 Å². The molecule has 5 nitrogen and oxygen atoms in total. The molecule has 3 fully saturated rings. The van der Waals surface area contributed by atoms with Gasteiger partial charge in [0.15, 0.2) is 0 Å². The Balaban J connectivity index is 1.37. The Labute approximate surface area is 214 Å². The number of allylic oxidation sites excluding steroid dienone is 3. The first-order valence-corrected chi connectivity index (χ1v) is 14.4. The average Bonchev–Trinajstić information content (AvgIpc) is 3.44. The summed E-state index contributed by atoms with van der Waals surface area (Å²) in [6.45, 7) is 6.12. The zero-order valence-corrected chi connectivity index (χ0v) is 22.1. The lowest BCUT2D eigenvalue weighted by Gasteiger charge is -2.56. The lowest BCUT2D eigenvalue weighted by Crippen LogP contribution is -2.57. The molecule has 0 aromatic carbocycles. The van der Waals surface area contributed by atoms with E-state index in [2.05, 4.69) is 48.4 Å².